The van der Waals surface area contributed by atoms with Crippen molar-refractivity contribution >= 4 is 34.4 Å². The summed E-state index contributed by atoms with van der Waals surface area (Å²) in [6.45, 7) is 1.61. The molecule has 2 atom stereocenters. The molecule has 0 aliphatic heterocycles. The van der Waals surface area contributed by atoms with E-state index in [9.17, 15) is 19.8 Å². The number of para-hydroxylation sites is 1. The number of halogens is 1. The summed E-state index contributed by atoms with van der Waals surface area (Å²) in [6, 6.07) is 9.22. The number of nitrogens with zero attached hydrogens (tertiary/aromatic N) is 1. The van der Waals surface area contributed by atoms with Crippen LogP contribution >= 0.6 is 11.6 Å². The lowest BCUT2D eigenvalue weighted by atomic mass is 9.67. The van der Waals surface area contributed by atoms with Crippen molar-refractivity contribution in [3.63, 3.8) is 0 Å². The molecule has 0 saturated carbocycles. The summed E-state index contributed by atoms with van der Waals surface area (Å²) < 4.78 is 0. The second-order valence-corrected chi connectivity index (χ2v) is 6.52. The number of benzene rings is 1. The third-order valence-electron chi connectivity index (χ3n) is 4.79. The van der Waals surface area contributed by atoms with Gasteiger partial charge >= 0.3 is 11.9 Å². The van der Waals surface area contributed by atoms with Gasteiger partial charge in [-0.15, -0.1) is 0 Å². The molecule has 1 aromatic carbocycles. The highest BCUT2D eigenvalue weighted by atomic mass is 35.5. The highest BCUT2D eigenvalue weighted by Crippen LogP contribution is 2.42. The lowest BCUT2D eigenvalue weighted by molar-refractivity contribution is -0.148. The molecule has 2 unspecified atom stereocenters. The molecule has 0 spiro atoms. The first-order valence-electron chi connectivity index (χ1n) is 7.75. The Bertz CT molecular complexity index is 934. The Kier molecular flexibility index (Phi) is 4.35. The van der Waals surface area contributed by atoms with Gasteiger partial charge in [-0.2, -0.15) is 0 Å². The van der Waals surface area contributed by atoms with E-state index in [2.05, 4.69) is 4.98 Å². The van der Waals surface area contributed by atoms with E-state index in [1.54, 1.807) is 6.92 Å². The molecule has 2 aromatic rings. The monoisotopic (exact) mass is 357 g/mol. The van der Waals surface area contributed by atoms with Crippen LogP contribution in [0.25, 0.3) is 10.9 Å². The largest absolute Gasteiger partial charge is 0.481 e. The van der Waals surface area contributed by atoms with Gasteiger partial charge in [-0.1, -0.05) is 55.0 Å². The Hall–Kier alpha value is -2.66. The normalized spacial score (nSPS) is 22.6. The first-order valence-corrected chi connectivity index (χ1v) is 8.13. The lowest BCUT2D eigenvalue weighted by Gasteiger charge is -2.35. The van der Waals surface area contributed by atoms with Gasteiger partial charge in [0.2, 0.25) is 0 Å². The van der Waals surface area contributed by atoms with Crippen molar-refractivity contribution < 1.29 is 19.8 Å². The van der Waals surface area contributed by atoms with Crippen LogP contribution in [0.1, 0.15) is 12.5 Å². The third-order valence-corrected chi connectivity index (χ3v) is 5.11. The molecule has 1 heterocycles. The van der Waals surface area contributed by atoms with Crippen molar-refractivity contribution in [1.29, 1.82) is 0 Å². The average Bonchev–Trinajstić information content (AvgIpc) is 2.56. The van der Waals surface area contributed by atoms with E-state index in [0.717, 1.165) is 10.9 Å². The van der Waals surface area contributed by atoms with Crippen molar-refractivity contribution in [3.05, 3.63) is 64.8 Å². The zero-order valence-corrected chi connectivity index (χ0v) is 14.2. The third kappa shape index (κ3) is 2.91. The van der Waals surface area contributed by atoms with E-state index in [4.69, 9.17) is 11.6 Å². The second kappa shape index (κ2) is 6.33. The molecule has 0 fully saturated rings. The number of fused-ring (bicyclic) bond motifs is 1. The van der Waals surface area contributed by atoms with E-state index in [0.29, 0.717) is 5.56 Å². The molecule has 128 valence electrons. The Labute approximate surface area is 149 Å². The van der Waals surface area contributed by atoms with E-state index in [-0.39, 0.29) is 17.1 Å². The summed E-state index contributed by atoms with van der Waals surface area (Å²) >= 11 is 6.28. The Morgan fingerprint density at radius 3 is 2.68 bits per heavy atom. The Morgan fingerprint density at radius 1 is 1.28 bits per heavy atom. The van der Waals surface area contributed by atoms with E-state index in [1.165, 1.54) is 18.2 Å². The summed E-state index contributed by atoms with van der Waals surface area (Å²) in [5.41, 5.74) is -0.0318. The number of carbonyl (C=O) groups is 2. The topological polar surface area (TPSA) is 87.5 Å². The van der Waals surface area contributed by atoms with Crippen LogP contribution in [0.4, 0.5) is 0 Å². The minimum Gasteiger partial charge on any atom is -0.481 e. The number of allylic oxidation sites excluding steroid dienone is 2. The minimum atomic E-state index is -1.39. The van der Waals surface area contributed by atoms with Crippen LogP contribution in [0.3, 0.4) is 0 Å². The maximum Gasteiger partial charge on any atom is 0.331 e. The second-order valence-electron chi connectivity index (χ2n) is 6.16. The van der Waals surface area contributed by atoms with Crippen LogP contribution in [-0.4, -0.2) is 27.1 Å². The molecular formula is C19H16ClNO4. The van der Waals surface area contributed by atoms with Crippen molar-refractivity contribution in [3.8, 4) is 0 Å². The van der Waals surface area contributed by atoms with Gasteiger partial charge in [0.25, 0.3) is 0 Å². The number of hydrogen-bond acceptors (Lipinski definition) is 3. The molecule has 3 rings (SSSR count). The van der Waals surface area contributed by atoms with Crippen LogP contribution in [-0.2, 0) is 16.0 Å². The van der Waals surface area contributed by atoms with Gasteiger partial charge in [0.1, 0.15) is 5.15 Å². The molecular weight excluding hydrogens is 342 g/mol. The SMILES string of the molecule is CC1C(C(=O)O)=CC=CC1(Cc1cc2ccccc2nc1Cl)C(=O)O. The molecule has 0 radical (unpaired) electrons. The van der Waals surface area contributed by atoms with Gasteiger partial charge in [-0.3, -0.25) is 4.79 Å². The summed E-state index contributed by atoms with van der Waals surface area (Å²) in [5, 5.41) is 20.3. The fourth-order valence-corrected chi connectivity index (χ4v) is 3.48. The van der Waals surface area contributed by atoms with Crippen LogP contribution in [0.5, 0.6) is 0 Å². The first-order chi connectivity index (χ1) is 11.8. The van der Waals surface area contributed by atoms with Crippen LogP contribution in [0.2, 0.25) is 5.15 Å². The summed E-state index contributed by atoms with van der Waals surface area (Å²) in [6.07, 6.45) is 4.52. The smallest absolute Gasteiger partial charge is 0.331 e. The maximum absolute atomic E-state index is 12.1. The lowest BCUT2D eigenvalue weighted by Crippen LogP contribution is -2.41. The predicted octanol–water partition coefficient (Wildman–Crippen LogP) is 3.72. The number of carboxylic acids is 2. The zero-order chi connectivity index (χ0) is 18.2. The van der Waals surface area contributed by atoms with Crippen molar-refractivity contribution in [2.75, 3.05) is 0 Å². The number of carboxylic acid groups (broad SMARTS) is 2. The highest BCUT2D eigenvalue weighted by molar-refractivity contribution is 6.30. The van der Waals surface area contributed by atoms with Crippen LogP contribution in [0.15, 0.2) is 54.1 Å². The quantitative estimate of drug-likeness (QED) is 0.814. The fourth-order valence-electron chi connectivity index (χ4n) is 3.27. The highest BCUT2D eigenvalue weighted by Gasteiger charge is 2.46. The minimum absolute atomic E-state index is 0.0568. The maximum atomic E-state index is 12.1. The Morgan fingerprint density at radius 2 is 2.00 bits per heavy atom. The predicted molar refractivity (Wildman–Crippen MR) is 94.5 cm³/mol. The molecule has 1 aliphatic rings. The van der Waals surface area contributed by atoms with Crippen molar-refractivity contribution in [2.24, 2.45) is 11.3 Å². The molecule has 0 bridgehead atoms. The number of aromatic nitrogens is 1. The van der Waals surface area contributed by atoms with Crippen LogP contribution < -0.4 is 0 Å². The van der Waals surface area contributed by atoms with E-state index >= 15 is 0 Å². The van der Waals surface area contributed by atoms with Gasteiger partial charge in [0, 0.05) is 16.9 Å². The molecule has 1 aliphatic carbocycles. The summed E-state index contributed by atoms with van der Waals surface area (Å²) in [5.74, 6) is -2.92. The van der Waals surface area contributed by atoms with Gasteiger partial charge in [0.05, 0.1) is 10.9 Å². The molecule has 0 saturated heterocycles. The standard InChI is InChI=1S/C19H16ClNO4/c1-11-14(17(22)23)6-4-8-19(11,18(24)25)10-13-9-12-5-2-3-7-15(12)21-16(13)20/h2-9,11H,10H2,1H3,(H,22,23)(H,24,25). The summed E-state index contributed by atoms with van der Waals surface area (Å²) in [7, 11) is 0. The molecule has 1 aromatic heterocycles. The fraction of sp³-hybridized carbons (Fsp3) is 0.211. The van der Waals surface area contributed by atoms with Gasteiger partial charge in [-0.05, 0) is 24.1 Å². The van der Waals surface area contributed by atoms with Crippen LogP contribution in [0, 0.1) is 11.3 Å². The molecule has 25 heavy (non-hydrogen) atoms. The number of aliphatic carboxylic acids is 2. The number of rotatable bonds is 4. The molecule has 0 amide bonds. The van der Waals surface area contributed by atoms with Gasteiger partial charge < -0.3 is 10.2 Å². The van der Waals surface area contributed by atoms with Crippen molar-refractivity contribution in [2.45, 2.75) is 13.3 Å². The summed E-state index contributed by atoms with van der Waals surface area (Å²) in [4.78, 5) is 27.9. The Balaban J connectivity index is 2.08. The number of pyridine rings is 1. The van der Waals surface area contributed by atoms with E-state index < -0.39 is 23.3 Å². The number of hydrogen-bond donors (Lipinski definition) is 2. The van der Waals surface area contributed by atoms with Crippen molar-refractivity contribution in [1.82, 2.24) is 4.98 Å². The van der Waals surface area contributed by atoms with E-state index in [1.807, 2.05) is 30.3 Å². The first kappa shape index (κ1) is 17.2. The molecule has 5 nitrogen and oxygen atoms in total. The zero-order valence-electron chi connectivity index (χ0n) is 13.4. The van der Waals surface area contributed by atoms with Gasteiger partial charge in [0.15, 0.2) is 0 Å². The average molecular weight is 358 g/mol. The molecule has 2 N–H and O–H groups in total. The molecule has 6 heteroatoms. The van der Waals surface area contributed by atoms with Gasteiger partial charge in [-0.25, -0.2) is 9.78 Å².